The summed E-state index contributed by atoms with van der Waals surface area (Å²) in [5.74, 6) is 0.586. The van der Waals surface area contributed by atoms with Gasteiger partial charge in [-0.1, -0.05) is 55.1 Å². The Morgan fingerprint density at radius 1 is 1.17 bits per heavy atom. The molecule has 0 aliphatic heterocycles. The van der Waals surface area contributed by atoms with Crippen LogP contribution in [0.2, 0.25) is 0 Å². The van der Waals surface area contributed by atoms with E-state index in [4.69, 9.17) is 0 Å². The van der Waals surface area contributed by atoms with Crippen molar-refractivity contribution in [2.24, 2.45) is 0 Å². The van der Waals surface area contributed by atoms with Crippen LogP contribution in [0.5, 0.6) is 0 Å². The Morgan fingerprint density at radius 2 is 1.93 bits per heavy atom. The van der Waals surface area contributed by atoms with E-state index in [1.54, 1.807) is 22.2 Å². The lowest BCUT2D eigenvalue weighted by Crippen LogP contribution is -2.14. The van der Waals surface area contributed by atoms with E-state index in [2.05, 4.69) is 52.5 Å². The van der Waals surface area contributed by atoms with Gasteiger partial charge in [0.2, 0.25) is 5.13 Å². The highest BCUT2D eigenvalue weighted by Gasteiger charge is 2.12. The predicted molar refractivity (Wildman–Crippen MR) is 122 cm³/mol. The molecule has 3 aromatic heterocycles. The molecular formula is C20H21N5OS3. The number of aryl methyl sites for hydroxylation is 3. The first-order valence-corrected chi connectivity index (χ1v) is 12.1. The number of hydrogen-bond acceptors (Lipinski definition) is 8. The number of para-hydroxylation sites is 1. The Balaban J connectivity index is 1.49. The quantitative estimate of drug-likeness (QED) is 0.402. The Hall–Kier alpha value is -2.23. The van der Waals surface area contributed by atoms with Crippen molar-refractivity contribution in [2.75, 3.05) is 5.32 Å². The third-order valence-corrected chi connectivity index (χ3v) is 7.56. The van der Waals surface area contributed by atoms with E-state index >= 15 is 0 Å². The van der Waals surface area contributed by atoms with Crippen LogP contribution < -0.4 is 10.9 Å². The molecule has 0 aliphatic carbocycles. The van der Waals surface area contributed by atoms with E-state index in [0.717, 1.165) is 44.3 Å². The first-order chi connectivity index (χ1) is 14.1. The number of thioether (sulfide) groups is 1. The molecule has 1 aromatic carbocycles. The van der Waals surface area contributed by atoms with Crippen molar-refractivity contribution in [3.63, 3.8) is 0 Å². The summed E-state index contributed by atoms with van der Waals surface area (Å²) in [6.45, 7) is 6.23. The summed E-state index contributed by atoms with van der Waals surface area (Å²) in [6.07, 6.45) is 1.92. The molecule has 4 aromatic rings. The van der Waals surface area contributed by atoms with Crippen LogP contribution in [0.4, 0.5) is 10.8 Å². The molecule has 0 unspecified atom stereocenters. The standard InChI is InChI=1S/C20H21N5OS3/c1-4-13-7-6-8-14(5-2)17(13)22-18-23-24-20(29-18)28-11-15-9-16(26)25-12(3)10-27-19(25)21-15/h6-10H,4-5,11H2,1-3H3,(H,22,23). The van der Waals surface area contributed by atoms with Crippen molar-refractivity contribution in [3.8, 4) is 0 Å². The minimum absolute atomic E-state index is 0.0350. The second kappa shape index (κ2) is 8.64. The second-order valence-corrected chi connectivity index (χ2v) is 9.56. The van der Waals surface area contributed by atoms with Crippen LogP contribution in [0.15, 0.2) is 38.8 Å². The molecule has 0 saturated heterocycles. The van der Waals surface area contributed by atoms with Gasteiger partial charge in [-0.05, 0) is 30.9 Å². The highest BCUT2D eigenvalue weighted by atomic mass is 32.2. The SMILES string of the molecule is CCc1cccc(CC)c1Nc1nnc(SCc2cc(=O)n3c(C)csc3n2)s1. The molecule has 0 aliphatic rings. The topological polar surface area (TPSA) is 72.2 Å². The maximum Gasteiger partial charge on any atom is 0.258 e. The van der Waals surface area contributed by atoms with Crippen LogP contribution in [0.3, 0.4) is 0 Å². The number of fused-ring (bicyclic) bond motifs is 1. The molecule has 0 atom stereocenters. The number of anilines is 2. The Morgan fingerprint density at radius 3 is 2.66 bits per heavy atom. The average molecular weight is 444 g/mol. The minimum atomic E-state index is -0.0350. The summed E-state index contributed by atoms with van der Waals surface area (Å²) in [6, 6.07) is 7.99. The van der Waals surface area contributed by atoms with Gasteiger partial charge in [0.15, 0.2) is 9.30 Å². The van der Waals surface area contributed by atoms with Crippen molar-refractivity contribution in [3.05, 3.63) is 62.5 Å². The molecule has 0 saturated carbocycles. The lowest BCUT2D eigenvalue weighted by Gasteiger charge is -2.13. The normalized spacial score (nSPS) is 11.3. The van der Waals surface area contributed by atoms with Gasteiger partial charge in [0.1, 0.15) is 0 Å². The Kier molecular flexibility index (Phi) is 5.98. The van der Waals surface area contributed by atoms with Crippen LogP contribution in [-0.4, -0.2) is 19.6 Å². The van der Waals surface area contributed by atoms with Gasteiger partial charge in [-0.25, -0.2) is 4.98 Å². The van der Waals surface area contributed by atoms with E-state index in [1.807, 2.05) is 12.3 Å². The largest absolute Gasteiger partial charge is 0.330 e. The summed E-state index contributed by atoms with van der Waals surface area (Å²) in [7, 11) is 0. The first-order valence-electron chi connectivity index (χ1n) is 9.40. The van der Waals surface area contributed by atoms with Gasteiger partial charge in [0.25, 0.3) is 5.56 Å². The molecule has 0 spiro atoms. The molecule has 0 amide bonds. The van der Waals surface area contributed by atoms with Crippen molar-refractivity contribution in [2.45, 2.75) is 43.7 Å². The zero-order valence-corrected chi connectivity index (χ0v) is 18.9. The van der Waals surface area contributed by atoms with E-state index in [-0.39, 0.29) is 5.56 Å². The number of thiazole rings is 1. The van der Waals surface area contributed by atoms with Gasteiger partial charge in [0, 0.05) is 28.6 Å². The molecule has 0 radical (unpaired) electrons. The Labute approximate surface area is 181 Å². The van der Waals surface area contributed by atoms with E-state index < -0.39 is 0 Å². The second-order valence-electron chi connectivity index (χ2n) is 6.53. The first kappa shape index (κ1) is 20.1. The van der Waals surface area contributed by atoms with Crippen LogP contribution in [0.25, 0.3) is 4.96 Å². The maximum atomic E-state index is 12.3. The molecule has 9 heteroatoms. The van der Waals surface area contributed by atoms with Gasteiger partial charge in [-0.3, -0.25) is 9.20 Å². The summed E-state index contributed by atoms with van der Waals surface area (Å²) in [5, 5.41) is 14.8. The molecule has 4 rings (SSSR count). The molecule has 0 fully saturated rings. The molecule has 6 nitrogen and oxygen atoms in total. The number of nitrogens with one attached hydrogen (secondary N) is 1. The van der Waals surface area contributed by atoms with Crippen LogP contribution in [0.1, 0.15) is 36.4 Å². The van der Waals surface area contributed by atoms with E-state index in [0.29, 0.717) is 5.75 Å². The van der Waals surface area contributed by atoms with E-state index in [1.165, 1.54) is 33.8 Å². The van der Waals surface area contributed by atoms with Gasteiger partial charge in [-0.2, -0.15) is 0 Å². The number of benzene rings is 1. The number of aromatic nitrogens is 4. The fourth-order valence-corrected chi connectivity index (χ4v) is 5.68. The molecule has 1 N–H and O–H groups in total. The lowest BCUT2D eigenvalue weighted by atomic mass is 10.0. The summed E-state index contributed by atoms with van der Waals surface area (Å²) in [5.41, 5.74) is 5.33. The van der Waals surface area contributed by atoms with Crippen molar-refractivity contribution in [1.82, 2.24) is 19.6 Å². The number of rotatable bonds is 7. The van der Waals surface area contributed by atoms with Crippen molar-refractivity contribution < 1.29 is 0 Å². The highest BCUT2D eigenvalue weighted by molar-refractivity contribution is 8.00. The summed E-state index contributed by atoms with van der Waals surface area (Å²) >= 11 is 4.55. The van der Waals surface area contributed by atoms with Gasteiger partial charge in [-0.15, -0.1) is 21.5 Å². The van der Waals surface area contributed by atoms with Crippen LogP contribution >= 0.6 is 34.4 Å². The fraction of sp³-hybridized carbons (Fsp3) is 0.300. The van der Waals surface area contributed by atoms with Gasteiger partial charge in [0.05, 0.1) is 5.69 Å². The van der Waals surface area contributed by atoms with Crippen LogP contribution in [0, 0.1) is 6.92 Å². The number of nitrogens with zero attached hydrogens (tertiary/aromatic N) is 4. The monoisotopic (exact) mass is 443 g/mol. The smallest absolute Gasteiger partial charge is 0.258 e. The molecule has 150 valence electrons. The van der Waals surface area contributed by atoms with Crippen molar-refractivity contribution >= 4 is 50.2 Å². The zero-order valence-electron chi connectivity index (χ0n) is 16.4. The lowest BCUT2D eigenvalue weighted by molar-refractivity contribution is 0.992. The molecule has 0 bridgehead atoms. The average Bonchev–Trinajstić information content (AvgIpc) is 3.33. The number of hydrogen-bond donors (Lipinski definition) is 1. The van der Waals surface area contributed by atoms with Crippen molar-refractivity contribution in [1.29, 1.82) is 0 Å². The molecular weight excluding hydrogens is 422 g/mol. The fourth-order valence-electron chi connectivity index (χ4n) is 3.14. The summed E-state index contributed by atoms with van der Waals surface area (Å²) in [4.78, 5) is 17.6. The minimum Gasteiger partial charge on any atom is -0.330 e. The van der Waals surface area contributed by atoms with E-state index in [9.17, 15) is 4.79 Å². The zero-order chi connectivity index (χ0) is 20.4. The maximum absolute atomic E-state index is 12.3. The van der Waals surface area contributed by atoms with Gasteiger partial charge < -0.3 is 5.32 Å². The molecule has 29 heavy (non-hydrogen) atoms. The van der Waals surface area contributed by atoms with Gasteiger partial charge >= 0.3 is 0 Å². The third kappa shape index (κ3) is 4.22. The Bertz CT molecular complexity index is 1190. The predicted octanol–water partition coefficient (Wildman–Crippen LogP) is 5.08. The van der Waals surface area contributed by atoms with Crippen LogP contribution in [-0.2, 0) is 18.6 Å². The highest BCUT2D eigenvalue weighted by Crippen LogP contribution is 2.32. The third-order valence-electron chi connectivity index (χ3n) is 4.61. The molecule has 3 heterocycles. The summed E-state index contributed by atoms with van der Waals surface area (Å²) < 4.78 is 2.49.